The molecule has 1 N–H and O–H groups in total. The minimum Gasteiger partial charge on any atom is -0.507 e. The van der Waals surface area contributed by atoms with Gasteiger partial charge in [-0.25, -0.2) is 0 Å². The summed E-state index contributed by atoms with van der Waals surface area (Å²) in [4.78, 5) is 0. The van der Waals surface area contributed by atoms with Gasteiger partial charge in [-0.15, -0.1) is 11.6 Å². The van der Waals surface area contributed by atoms with Crippen LogP contribution in [0, 0.1) is 0 Å². The van der Waals surface area contributed by atoms with Crippen molar-refractivity contribution in [1.82, 2.24) is 0 Å². The summed E-state index contributed by atoms with van der Waals surface area (Å²) in [5.74, 6) is 2.26. The lowest BCUT2D eigenvalue weighted by Crippen LogP contribution is -2.01. The Labute approximate surface area is 121 Å². The van der Waals surface area contributed by atoms with Crippen LogP contribution in [0.15, 0.2) is 12.1 Å². The van der Waals surface area contributed by atoms with E-state index in [0.29, 0.717) is 23.5 Å². The lowest BCUT2D eigenvalue weighted by Gasteiger charge is -2.20. The number of phenolic OH excluding ortho intramolecular Hbond substituents is 1. The number of alkyl halides is 1. The fraction of sp³-hybridized carbons (Fsp3) is 0.647. The fourth-order valence-electron chi connectivity index (χ4n) is 3.92. The minimum atomic E-state index is 0.555. The van der Waals surface area contributed by atoms with Crippen molar-refractivity contribution in [2.75, 3.05) is 0 Å². The van der Waals surface area contributed by atoms with Crippen LogP contribution < -0.4 is 0 Å². The third-order valence-corrected chi connectivity index (χ3v) is 5.28. The van der Waals surface area contributed by atoms with E-state index < -0.39 is 0 Å². The SMILES string of the molecule is Oc1c(C2CCCC2)cc(CCl)cc1C1CCCC1. The summed E-state index contributed by atoms with van der Waals surface area (Å²) in [6.07, 6.45) is 10.1. The molecule has 0 aliphatic heterocycles. The monoisotopic (exact) mass is 278 g/mol. The largest absolute Gasteiger partial charge is 0.507 e. The zero-order valence-electron chi connectivity index (χ0n) is 11.5. The Balaban J connectivity index is 2.00. The van der Waals surface area contributed by atoms with Gasteiger partial charge in [0.25, 0.3) is 0 Å². The Bertz CT molecular complexity index is 406. The average molecular weight is 279 g/mol. The normalized spacial score (nSPS) is 21.3. The smallest absolute Gasteiger partial charge is 0.122 e. The fourth-order valence-corrected chi connectivity index (χ4v) is 4.07. The molecule has 0 amide bonds. The number of phenols is 1. The Hall–Kier alpha value is -0.690. The summed E-state index contributed by atoms with van der Waals surface area (Å²) < 4.78 is 0. The van der Waals surface area contributed by atoms with Gasteiger partial charge in [0.05, 0.1) is 0 Å². The van der Waals surface area contributed by atoms with Crippen molar-refractivity contribution >= 4 is 11.6 Å². The molecule has 2 fully saturated rings. The molecule has 0 aromatic heterocycles. The number of hydrogen-bond donors (Lipinski definition) is 1. The predicted octanol–water partition coefficient (Wildman–Crippen LogP) is 5.45. The Morgan fingerprint density at radius 2 is 1.32 bits per heavy atom. The van der Waals surface area contributed by atoms with Crippen molar-refractivity contribution in [3.05, 3.63) is 28.8 Å². The van der Waals surface area contributed by atoms with Crippen LogP contribution in [0.2, 0.25) is 0 Å². The third-order valence-electron chi connectivity index (χ3n) is 4.97. The Kier molecular flexibility index (Phi) is 4.02. The molecule has 2 heteroatoms. The van der Waals surface area contributed by atoms with Crippen LogP contribution in [0.3, 0.4) is 0 Å². The first-order valence-corrected chi connectivity index (χ1v) is 8.24. The standard InChI is InChI=1S/C17H23ClO/c18-11-12-9-15(13-5-1-2-6-13)17(19)16(10-12)14-7-3-4-8-14/h9-10,13-14,19H,1-8,11H2. The van der Waals surface area contributed by atoms with E-state index in [1.165, 1.54) is 68.1 Å². The van der Waals surface area contributed by atoms with Gasteiger partial charge in [-0.1, -0.05) is 37.8 Å². The number of halogens is 1. The molecule has 0 spiro atoms. The molecule has 2 saturated carbocycles. The molecule has 1 aromatic carbocycles. The summed E-state index contributed by atoms with van der Waals surface area (Å²) in [6, 6.07) is 4.30. The molecular formula is C17H23ClO. The van der Waals surface area contributed by atoms with E-state index in [4.69, 9.17) is 11.6 Å². The Morgan fingerprint density at radius 1 is 0.895 bits per heavy atom. The first-order valence-electron chi connectivity index (χ1n) is 7.71. The van der Waals surface area contributed by atoms with E-state index in [2.05, 4.69) is 12.1 Å². The van der Waals surface area contributed by atoms with Crippen molar-refractivity contribution in [2.45, 2.75) is 69.1 Å². The van der Waals surface area contributed by atoms with Gasteiger partial charge in [-0.05, 0) is 54.2 Å². The minimum absolute atomic E-state index is 0.555. The highest BCUT2D eigenvalue weighted by Gasteiger charge is 2.26. The van der Waals surface area contributed by atoms with Crippen molar-refractivity contribution in [1.29, 1.82) is 0 Å². The van der Waals surface area contributed by atoms with E-state index in [9.17, 15) is 5.11 Å². The van der Waals surface area contributed by atoms with Crippen molar-refractivity contribution < 1.29 is 5.11 Å². The summed E-state index contributed by atoms with van der Waals surface area (Å²) in [7, 11) is 0. The molecule has 19 heavy (non-hydrogen) atoms. The highest BCUT2D eigenvalue weighted by molar-refractivity contribution is 6.17. The Morgan fingerprint density at radius 3 is 1.68 bits per heavy atom. The summed E-state index contributed by atoms with van der Waals surface area (Å²) in [5.41, 5.74) is 3.54. The van der Waals surface area contributed by atoms with Crippen molar-refractivity contribution in [3.63, 3.8) is 0 Å². The van der Waals surface area contributed by atoms with Gasteiger partial charge in [0.1, 0.15) is 5.75 Å². The van der Waals surface area contributed by atoms with Gasteiger partial charge in [0.15, 0.2) is 0 Å². The summed E-state index contributed by atoms with van der Waals surface area (Å²) in [6.45, 7) is 0. The molecule has 0 radical (unpaired) electrons. The molecule has 0 saturated heterocycles. The highest BCUT2D eigenvalue weighted by atomic mass is 35.5. The third kappa shape index (κ3) is 2.63. The molecule has 0 atom stereocenters. The molecular weight excluding hydrogens is 256 g/mol. The van der Waals surface area contributed by atoms with Gasteiger partial charge in [-0.2, -0.15) is 0 Å². The maximum atomic E-state index is 10.7. The van der Waals surface area contributed by atoms with E-state index in [-0.39, 0.29) is 0 Å². The second-order valence-electron chi connectivity index (χ2n) is 6.22. The first kappa shape index (κ1) is 13.3. The zero-order chi connectivity index (χ0) is 13.2. The van der Waals surface area contributed by atoms with Crippen LogP contribution in [-0.2, 0) is 5.88 Å². The van der Waals surface area contributed by atoms with E-state index in [0.717, 1.165) is 0 Å². The second-order valence-corrected chi connectivity index (χ2v) is 6.49. The lowest BCUT2D eigenvalue weighted by molar-refractivity contribution is 0.447. The summed E-state index contributed by atoms with van der Waals surface area (Å²) in [5, 5.41) is 10.7. The van der Waals surface area contributed by atoms with E-state index in [1.54, 1.807) is 0 Å². The molecule has 2 aliphatic carbocycles. The molecule has 0 heterocycles. The van der Waals surface area contributed by atoms with Gasteiger partial charge < -0.3 is 5.11 Å². The zero-order valence-corrected chi connectivity index (χ0v) is 12.3. The van der Waals surface area contributed by atoms with Crippen LogP contribution in [0.25, 0.3) is 0 Å². The van der Waals surface area contributed by atoms with Gasteiger partial charge in [-0.3, -0.25) is 0 Å². The summed E-state index contributed by atoms with van der Waals surface area (Å²) >= 11 is 6.05. The van der Waals surface area contributed by atoms with Crippen LogP contribution in [0.1, 0.15) is 79.9 Å². The van der Waals surface area contributed by atoms with Crippen LogP contribution in [-0.4, -0.2) is 5.11 Å². The number of hydrogen-bond acceptors (Lipinski definition) is 1. The maximum absolute atomic E-state index is 10.7. The molecule has 0 bridgehead atoms. The molecule has 1 aromatic rings. The molecule has 104 valence electrons. The van der Waals surface area contributed by atoms with Crippen molar-refractivity contribution in [3.8, 4) is 5.75 Å². The maximum Gasteiger partial charge on any atom is 0.122 e. The molecule has 3 rings (SSSR count). The second kappa shape index (κ2) is 5.75. The highest BCUT2D eigenvalue weighted by Crippen LogP contribution is 2.45. The molecule has 2 aliphatic rings. The lowest BCUT2D eigenvalue weighted by atomic mass is 9.87. The van der Waals surface area contributed by atoms with Gasteiger partial charge in [0.2, 0.25) is 0 Å². The van der Waals surface area contributed by atoms with E-state index in [1.807, 2.05) is 0 Å². The predicted molar refractivity (Wildman–Crippen MR) is 80.1 cm³/mol. The average Bonchev–Trinajstić information content (AvgIpc) is 3.12. The van der Waals surface area contributed by atoms with Crippen molar-refractivity contribution in [2.24, 2.45) is 0 Å². The van der Waals surface area contributed by atoms with E-state index >= 15 is 0 Å². The first-order chi connectivity index (χ1) is 9.29. The molecule has 0 unspecified atom stereocenters. The number of aromatic hydroxyl groups is 1. The van der Waals surface area contributed by atoms with Crippen LogP contribution in [0.5, 0.6) is 5.75 Å². The topological polar surface area (TPSA) is 20.2 Å². The van der Waals surface area contributed by atoms with Crippen LogP contribution in [0.4, 0.5) is 0 Å². The number of benzene rings is 1. The van der Waals surface area contributed by atoms with Crippen LogP contribution >= 0.6 is 11.6 Å². The quantitative estimate of drug-likeness (QED) is 0.729. The van der Waals surface area contributed by atoms with Gasteiger partial charge in [0, 0.05) is 5.88 Å². The van der Waals surface area contributed by atoms with Gasteiger partial charge >= 0.3 is 0 Å². The molecule has 1 nitrogen and oxygen atoms in total. The number of rotatable bonds is 3.